The quantitative estimate of drug-likeness (QED) is 0.673. The molecule has 2 atom stereocenters. The van der Waals surface area contributed by atoms with E-state index in [4.69, 9.17) is 4.74 Å². The number of aryl methyl sites for hydroxylation is 1. The molecule has 1 heterocycles. The number of halogens is 1. The number of benzene rings is 1. The Labute approximate surface area is 131 Å². The molecule has 1 aliphatic heterocycles. The summed E-state index contributed by atoms with van der Waals surface area (Å²) in [5.74, 6) is 0.580. The second-order valence-corrected chi connectivity index (χ2v) is 7.32. The van der Waals surface area contributed by atoms with E-state index >= 15 is 0 Å². The molecule has 2 fully saturated rings. The van der Waals surface area contributed by atoms with E-state index in [2.05, 4.69) is 47.1 Å². The first-order chi connectivity index (χ1) is 9.71. The summed E-state index contributed by atoms with van der Waals surface area (Å²) in [5, 5.41) is 1.03. The van der Waals surface area contributed by atoms with Gasteiger partial charge in [0.15, 0.2) is 0 Å². The Balaban J connectivity index is 1.64. The predicted molar refractivity (Wildman–Crippen MR) is 87.6 cm³/mol. The van der Waals surface area contributed by atoms with Crippen LogP contribution in [0.2, 0.25) is 0 Å². The molecule has 0 amide bonds. The van der Waals surface area contributed by atoms with Gasteiger partial charge in [-0.25, -0.2) is 0 Å². The maximum atomic E-state index is 6.47. The molecule has 1 aromatic rings. The van der Waals surface area contributed by atoms with E-state index in [-0.39, 0.29) is 5.60 Å². The minimum Gasteiger partial charge on any atom is -0.372 e. The molecule has 1 spiro atoms. The second-order valence-electron chi connectivity index (χ2n) is 6.67. The van der Waals surface area contributed by atoms with Crippen LogP contribution in [0.25, 0.3) is 0 Å². The fourth-order valence-electron chi connectivity index (χ4n) is 3.98. The van der Waals surface area contributed by atoms with Crippen molar-refractivity contribution in [2.24, 2.45) is 0 Å². The molecule has 1 aliphatic carbocycles. The predicted octanol–water partition coefficient (Wildman–Crippen LogP) is 5.36. The number of hydrogen-bond donors (Lipinski definition) is 0. The maximum absolute atomic E-state index is 6.47. The highest BCUT2D eigenvalue weighted by atomic mass is 79.9. The van der Waals surface area contributed by atoms with Gasteiger partial charge in [0.1, 0.15) is 0 Å². The zero-order valence-electron chi connectivity index (χ0n) is 12.4. The molecule has 0 N–H and O–H groups in total. The Morgan fingerprint density at radius 3 is 2.80 bits per heavy atom. The van der Waals surface area contributed by atoms with Crippen LogP contribution >= 0.6 is 15.9 Å². The van der Waals surface area contributed by atoms with Gasteiger partial charge in [0.25, 0.3) is 0 Å². The van der Waals surface area contributed by atoms with Gasteiger partial charge in [-0.15, -0.1) is 0 Å². The minimum atomic E-state index is 0.272. The molecular weight excluding hydrogens is 312 g/mol. The Morgan fingerprint density at radius 1 is 1.30 bits per heavy atom. The molecule has 0 bridgehead atoms. The molecule has 1 nitrogen and oxygen atoms in total. The first kappa shape index (κ1) is 14.6. The lowest BCUT2D eigenvalue weighted by Gasteiger charge is -2.25. The molecular formula is C18H25BrO. The highest BCUT2D eigenvalue weighted by molar-refractivity contribution is 9.09. The van der Waals surface area contributed by atoms with Gasteiger partial charge in [0.05, 0.1) is 11.7 Å². The van der Waals surface area contributed by atoms with Crippen molar-refractivity contribution in [2.45, 2.75) is 69.5 Å². The van der Waals surface area contributed by atoms with Gasteiger partial charge in [-0.3, -0.25) is 0 Å². The largest absolute Gasteiger partial charge is 0.372 e. The van der Waals surface area contributed by atoms with Crippen molar-refractivity contribution < 1.29 is 4.74 Å². The standard InChI is InChI=1S/C18H25BrO/c1-14-5-4-6-15(11-14)16(13-19)12-17-7-10-18(20-17)8-2-3-9-18/h4-6,11,16-17H,2-3,7-10,12-13H2,1H3. The van der Waals surface area contributed by atoms with E-state index in [9.17, 15) is 0 Å². The molecule has 0 aromatic heterocycles. The smallest absolute Gasteiger partial charge is 0.0687 e. The lowest BCUT2D eigenvalue weighted by Crippen LogP contribution is -2.25. The third kappa shape index (κ3) is 3.12. The number of rotatable bonds is 4. The van der Waals surface area contributed by atoms with Crippen LogP contribution < -0.4 is 0 Å². The van der Waals surface area contributed by atoms with Crippen LogP contribution in [0.3, 0.4) is 0 Å². The van der Waals surface area contributed by atoms with Gasteiger partial charge in [-0.05, 0) is 50.5 Å². The summed E-state index contributed by atoms with van der Waals surface area (Å²) >= 11 is 3.70. The van der Waals surface area contributed by atoms with Crippen LogP contribution in [-0.4, -0.2) is 17.0 Å². The summed E-state index contributed by atoms with van der Waals surface area (Å²) in [7, 11) is 0. The highest BCUT2D eigenvalue weighted by Gasteiger charge is 2.42. The van der Waals surface area contributed by atoms with Gasteiger partial charge in [0, 0.05) is 5.33 Å². The van der Waals surface area contributed by atoms with Gasteiger partial charge < -0.3 is 4.74 Å². The summed E-state index contributed by atoms with van der Waals surface area (Å²) in [6.45, 7) is 2.17. The maximum Gasteiger partial charge on any atom is 0.0687 e. The molecule has 20 heavy (non-hydrogen) atoms. The Hall–Kier alpha value is -0.340. The second kappa shape index (κ2) is 6.19. The molecule has 1 aromatic carbocycles. The van der Waals surface area contributed by atoms with E-state index in [1.54, 1.807) is 0 Å². The molecule has 0 radical (unpaired) electrons. The van der Waals surface area contributed by atoms with E-state index in [0.717, 1.165) is 11.8 Å². The first-order valence-electron chi connectivity index (χ1n) is 8.01. The van der Waals surface area contributed by atoms with Crippen LogP contribution in [0.5, 0.6) is 0 Å². The lowest BCUT2D eigenvalue weighted by molar-refractivity contribution is -0.0404. The Bertz CT molecular complexity index is 450. The van der Waals surface area contributed by atoms with Crippen molar-refractivity contribution in [2.75, 3.05) is 5.33 Å². The van der Waals surface area contributed by atoms with Crippen molar-refractivity contribution in [3.8, 4) is 0 Å². The summed E-state index contributed by atoms with van der Waals surface area (Å²) < 4.78 is 6.47. The van der Waals surface area contributed by atoms with Crippen LogP contribution in [0.1, 0.15) is 62.0 Å². The third-order valence-electron chi connectivity index (χ3n) is 5.10. The molecule has 1 saturated heterocycles. The normalized spacial score (nSPS) is 26.2. The van der Waals surface area contributed by atoms with Crippen molar-refractivity contribution in [1.29, 1.82) is 0 Å². The zero-order valence-corrected chi connectivity index (χ0v) is 14.0. The zero-order chi connectivity index (χ0) is 14.0. The van der Waals surface area contributed by atoms with Gasteiger partial charge in [-0.1, -0.05) is 58.6 Å². The van der Waals surface area contributed by atoms with Crippen LogP contribution in [0, 0.1) is 6.92 Å². The molecule has 2 aliphatic rings. The Morgan fingerprint density at radius 2 is 2.10 bits per heavy atom. The fourth-order valence-corrected chi connectivity index (χ4v) is 4.62. The number of hydrogen-bond acceptors (Lipinski definition) is 1. The molecule has 2 heteroatoms. The average Bonchev–Trinajstić information content (AvgIpc) is 3.07. The SMILES string of the molecule is Cc1cccc(C(CBr)CC2CCC3(CCCC3)O2)c1. The third-order valence-corrected chi connectivity index (χ3v) is 5.88. The summed E-state index contributed by atoms with van der Waals surface area (Å²) in [5.41, 5.74) is 3.08. The molecule has 3 rings (SSSR count). The van der Waals surface area contributed by atoms with E-state index in [1.165, 1.54) is 49.7 Å². The topological polar surface area (TPSA) is 9.23 Å². The molecule has 1 saturated carbocycles. The molecule has 2 unspecified atom stereocenters. The van der Waals surface area contributed by atoms with Crippen molar-refractivity contribution in [3.05, 3.63) is 35.4 Å². The summed E-state index contributed by atoms with van der Waals surface area (Å²) in [6, 6.07) is 8.94. The number of ether oxygens (including phenoxy) is 1. The Kier molecular flexibility index (Phi) is 4.52. The van der Waals surface area contributed by atoms with Crippen LogP contribution in [0.4, 0.5) is 0 Å². The van der Waals surface area contributed by atoms with Gasteiger partial charge in [-0.2, -0.15) is 0 Å². The van der Waals surface area contributed by atoms with Crippen LogP contribution in [0.15, 0.2) is 24.3 Å². The highest BCUT2D eigenvalue weighted by Crippen LogP contribution is 2.45. The van der Waals surface area contributed by atoms with Gasteiger partial charge in [0.2, 0.25) is 0 Å². The monoisotopic (exact) mass is 336 g/mol. The summed E-state index contributed by atoms with van der Waals surface area (Å²) in [6.07, 6.45) is 9.52. The van der Waals surface area contributed by atoms with E-state index in [0.29, 0.717) is 12.0 Å². The first-order valence-corrected chi connectivity index (χ1v) is 9.13. The molecule has 110 valence electrons. The van der Waals surface area contributed by atoms with Crippen molar-refractivity contribution >= 4 is 15.9 Å². The lowest BCUT2D eigenvalue weighted by atomic mass is 9.92. The minimum absolute atomic E-state index is 0.272. The van der Waals surface area contributed by atoms with Crippen LogP contribution in [-0.2, 0) is 4.74 Å². The fraction of sp³-hybridized carbons (Fsp3) is 0.667. The van der Waals surface area contributed by atoms with E-state index < -0.39 is 0 Å². The van der Waals surface area contributed by atoms with Crippen molar-refractivity contribution in [3.63, 3.8) is 0 Å². The summed E-state index contributed by atoms with van der Waals surface area (Å²) in [4.78, 5) is 0. The number of alkyl halides is 1. The average molecular weight is 337 g/mol. The van der Waals surface area contributed by atoms with Gasteiger partial charge >= 0.3 is 0 Å². The van der Waals surface area contributed by atoms with E-state index in [1.807, 2.05) is 0 Å². The van der Waals surface area contributed by atoms with Crippen molar-refractivity contribution in [1.82, 2.24) is 0 Å².